The van der Waals surface area contributed by atoms with E-state index in [1.54, 1.807) is 12.1 Å². The van der Waals surface area contributed by atoms with E-state index in [0.717, 1.165) is 5.57 Å². The van der Waals surface area contributed by atoms with E-state index in [0.29, 0.717) is 27.6 Å². The predicted octanol–water partition coefficient (Wildman–Crippen LogP) is 3.21. The Morgan fingerprint density at radius 3 is 2.56 bits per heavy atom. The van der Waals surface area contributed by atoms with Crippen LogP contribution >= 0.6 is 31.9 Å². The molecular formula is C23H17Br2NO6. The number of carbonyl (C=O) groups excluding carboxylic acids is 4. The van der Waals surface area contributed by atoms with E-state index in [1.165, 1.54) is 13.2 Å². The van der Waals surface area contributed by atoms with Crippen LogP contribution in [0.2, 0.25) is 0 Å². The van der Waals surface area contributed by atoms with Crippen LogP contribution in [0.3, 0.4) is 0 Å². The Hall–Kier alpha value is -2.52. The second-order valence-corrected chi connectivity index (χ2v) is 10.1. The molecule has 4 aliphatic rings. The number of benzene rings is 1. The van der Waals surface area contributed by atoms with Gasteiger partial charge in [-0.15, -0.1) is 0 Å². The third-order valence-corrected chi connectivity index (χ3v) is 7.82. The zero-order valence-corrected chi connectivity index (χ0v) is 19.9. The van der Waals surface area contributed by atoms with E-state index in [2.05, 4.69) is 37.2 Å². The van der Waals surface area contributed by atoms with Crippen molar-refractivity contribution in [2.24, 2.45) is 17.8 Å². The number of nitrogens with one attached hydrogen (secondary N) is 1. The van der Waals surface area contributed by atoms with Crippen molar-refractivity contribution in [3.63, 3.8) is 0 Å². The summed E-state index contributed by atoms with van der Waals surface area (Å²) < 4.78 is 6.08. The first-order valence-corrected chi connectivity index (χ1v) is 11.6. The van der Waals surface area contributed by atoms with Crippen LogP contribution in [0.5, 0.6) is 11.5 Å². The van der Waals surface area contributed by atoms with Gasteiger partial charge in [-0.2, -0.15) is 0 Å². The van der Waals surface area contributed by atoms with E-state index in [9.17, 15) is 24.3 Å². The van der Waals surface area contributed by atoms with Crippen LogP contribution in [0, 0.1) is 17.8 Å². The van der Waals surface area contributed by atoms with Gasteiger partial charge in [-0.05, 0) is 46.8 Å². The highest BCUT2D eigenvalue weighted by molar-refractivity contribution is 9.12. The van der Waals surface area contributed by atoms with Gasteiger partial charge in [0.15, 0.2) is 23.1 Å². The number of amides is 2. The third-order valence-electron chi connectivity index (χ3n) is 6.77. The van der Waals surface area contributed by atoms with Gasteiger partial charge in [-0.25, -0.2) is 0 Å². The molecule has 5 rings (SSSR count). The Labute approximate surface area is 199 Å². The monoisotopic (exact) mass is 561 g/mol. The lowest BCUT2D eigenvalue weighted by Gasteiger charge is -2.42. The molecule has 0 saturated carbocycles. The second kappa shape index (κ2) is 7.52. The fraction of sp³-hybridized carbons (Fsp3) is 0.304. The smallest absolute Gasteiger partial charge is 0.231 e. The Morgan fingerprint density at radius 2 is 1.84 bits per heavy atom. The molecule has 2 amide bonds. The largest absolute Gasteiger partial charge is 0.504 e. The summed E-state index contributed by atoms with van der Waals surface area (Å²) in [6.45, 7) is 0. The summed E-state index contributed by atoms with van der Waals surface area (Å²) in [5.74, 6) is -3.56. The van der Waals surface area contributed by atoms with Gasteiger partial charge >= 0.3 is 0 Å². The quantitative estimate of drug-likeness (QED) is 0.325. The van der Waals surface area contributed by atoms with Gasteiger partial charge in [0, 0.05) is 33.2 Å². The maximum absolute atomic E-state index is 13.1. The zero-order valence-electron chi connectivity index (χ0n) is 16.8. The maximum atomic E-state index is 13.1. The van der Waals surface area contributed by atoms with Crippen molar-refractivity contribution in [2.75, 3.05) is 7.11 Å². The number of hydrogen-bond donors (Lipinski definition) is 2. The first kappa shape index (κ1) is 21.3. The molecule has 3 aliphatic carbocycles. The van der Waals surface area contributed by atoms with E-state index < -0.39 is 23.7 Å². The molecule has 1 aromatic carbocycles. The minimum atomic E-state index is -0.743. The SMILES string of the molecule is COc1cc(Br)cc([C@H]2C3=CC[C@@H]4C(=O)NC(=O)[C@@H]4[C@@H]3CC3=C2C(=O)C=C(Br)C3=O)c1O. The van der Waals surface area contributed by atoms with Crippen molar-refractivity contribution >= 4 is 55.2 Å². The van der Waals surface area contributed by atoms with E-state index in [1.807, 2.05) is 6.08 Å². The number of Topliss-reactive ketones (excluding diaryl/α,β-unsaturated/α-hetero) is 1. The topological polar surface area (TPSA) is 110 Å². The average Bonchev–Trinajstić information content (AvgIpc) is 3.05. The van der Waals surface area contributed by atoms with Crippen LogP contribution in [0.25, 0.3) is 0 Å². The minimum absolute atomic E-state index is 0.142. The Bertz CT molecular complexity index is 1230. The van der Waals surface area contributed by atoms with Crippen LogP contribution < -0.4 is 10.1 Å². The van der Waals surface area contributed by atoms with Gasteiger partial charge < -0.3 is 9.84 Å². The van der Waals surface area contributed by atoms with Crippen molar-refractivity contribution in [3.05, 3.63) is 55.5 Å². The van der Waals surface area contributed by atoms with Crippen LogP contribution in [-0.4, -0.2) is 35.6 Å². The fourth-order valence-corrected chi connectivity index (χ4v) is 6.34. The number of hydrogen-bond acceptors (Lipinski definition) is 6. The Kier molecular flexibility index (Phi) is 5.01. The highest BCUT2D eigenvalue weighted by atomic mass is 79.9. The van der Waals surface area contributed by atoms with E-state index in [4.69, 9.17) is 4.74 Å². The molecule has 7 nitrogen and oxygen atoms in total. The Balaban J connectivity index is 1.77. The lowest BCUT2D eigenvalue weighted by Crippen LogP contribution is -2.39. The zero-order chi connectivity index (χ0) is 22.9. The number of allylic oxidation sites excluding steroid dienone is 6. The van der Waals surface area contributed by atoms with Gasteiger partial charge in [-0.3, -0.25) is 24.5 Å². The van der Waals surface area contributed by atoms with Crippen molar-refractivity contribution in [2.45, 2.75) is 18.8 Å². The number of methoxy groups -OCH3 is 1. The van der Waals surface area contributed by atoms with E-state index >= 15 is 0 Å². The van der Waals surface area contributed by atoms with Gasteiger partial charge in [-0.1, -0.05) is 27.6 Å². The molecular weight excluding hydrogens is 546 g/mol. The third kappa shape index (κ3) is 2.97. The molecule has 0 aromatic heterocycles. The van der Waals surface area contributed by atoms with Gasteiger partial charge in [0.1, 0.15) is 0 Å². The summed E-state index contributed by atoms with van der Waals surface area (Å²) in [5, 5.41) is 13.4. The summed E-state index contributed by atoms with van der Waals surface area (Å²) in [7, 11) is 1.42. The summed E-state index contributed by atoms with van der Waals surface area (Å²) in [6.07, 6.45) is 3.66. The van der Waals surface area contributed by atoms with Crippen molar-refractivity contribution in [1.82, 2.24) is 5.32 Å². The summed E-state index contributed by atoms with van der Waals surface area (Å²) >= 11 is 6.60. The number of phenols is 1. The summed E-state index contributed by atoms with van der Waals surface area (Å²) in [6, 6.07) is 3.29. The van der Waals surface area contributed by atoms with Crippen molar-refractivity contribution in [3.8, 4) is 11.5 Å². The molecule has 1 heterocycles. The molecule has 0 radical (unpaired) electrons. The fourth-order valence-electron chi connectivity index (χ4n) is 5.44. The molecule has 0 unspecified atom stereocenters. The molecule has 4 atom stereocenters. The molecule has 32 heavy (non-hydrogen) atoms. The van der Waals surface area contributed by atoms with Gasteiger partial charge in [0.05, 0.1) is 23.4 Å². The minimum Gasteiger partial charge on any atom is -0.504 e. The molecule has 0 spiro atoms. The van der Waals surface area contributed by atoms with E-state index in [-0.39, 0.29) is 45.8 Å². The number of carbonyl (C=O) groups is 4. The molecule has 1 saturated heterocycles. The second-order valence-electron chi connectivity index (χ2n) is 8.29. The number of aromatic hydroxyl groups is 1. The summed E-state index contributed by atoms with van der Waals surface area (Å²) in [4.78, 5) is 51.2. The van der Waals surface area contributed by atoms with Crippen molar-refractivity contribution < 1.29 is 29.0 Å². The molecule has 1 aromatic rings. The molecule has 164 valence electrons. The van der Waals surface area contributed by atoms with Gasteiger partial charge in [0.25, 0.3) is 0 Å². The first-order valence-electron chi connectivity index (χ1n) is 10.0. The Morgan fingerprint density at radius 1 is 1.09 bits per heavy atom. The highest BCUT2D eigenvalue weighted by Crippen LogP contribution is 2.56. The number of ketones is 2. The standard InChI is InChI=1S/C23H17Br2NO6/c1-32-16-5-8(24)4-12(21(16)29)17-9-2-3-10-18(23(31)26-22(10)30)11(9)6-13-19(17)15(27)7-14(25)20(13)28/h2,4-5,7,10-11,17-18,29H,3,6H2,1H3,(H,26,30,31)/t10-,11+,17+,18-/m0/s1. The summed E-state index contributed by atoms with van der Waals surface area (Å²) in [5.41, 5.74) is 1.76. The van der Waals surface area contributed by atoms with Crippen molar-refractivity contribution in [1.29, 1.82) is 0 Å². The molecule has 2 N–H and O–H groups in total. The lowest BCUT2D eigenvalue weighted by molar-refractivity contribution is -0.126. The average molecular weight is 563 g/mol. The maximum Gasteiger partial charge on any atom is 0.231 e. The number of rotatable bonds is 2. The first-order chi connectivity index (χ1) is 15.2. The van der Waals surface area contributed by atoms with Crippen LogP contribution in [0.15, 0.2) is 50.0 Å². The number of fused-ring (bicyclic) bond motifs is 3. The normalized spacial score (nSPS) is 29.1. The highest BCUT2D eigenvalue weighted by Gasteiger charge is 2.53. The molecule has 1 fully saturated rings. The number of phenolic OH excluding ortho intramolecular Hbond substituents is 1. The van der Waals surface area contributed by atoms with Crippen LogP contribution in [0.1, 0.15) is 24.3 Å². The number of ether oxygens (including phenoxy) is 1. The predicted molar refractivity (Wildman–Crippen MR) is 120 cm³/mol. The molecule has 0 bridgehead atoms. The number of imide groups is 1. The molecule has 9 heteroatoms. The van der Waals surface area contributed by atoms with Crippen LogP contribution in [0.4, 0.5) is 0 Å². The lowest BCUT2D eigenvalue weighted by atomic mass is 9.59. The molecule has 1 aliphatic heterocycles. The van der Waals surface area contributed by atoms with Crippen LogP contribution in [-0.2, 0) is 19.2 Å². The number of halogens is 2. The van der Waals surface area contributed by atoms with Gasteiger partial charge in [0.2, 0.25) is 11.8 Å².